The van der Waals surface area contributed by atoms with Crippen molar-refractivity contribution >= 4 is 40.5 Å². The molecule has 0 radical (unpaired) electrons. The van der Waals surface area contributed by atoms with Crippen LogP contribution in [0.2, 0.25) is 0 Å². The van der Waals surface area contributed by atoms with Gasteiger partial charge >= 0.3 is 11.7 Å². The molecule has 2 unspecified atom stereocenters. The number of guanidine groups is 1. The zero-order valence-electron chi connectivity index (χ0n) is 24.8. The quantitative estimate of drug-likeness (QED) is 0.0658. The molecule has 45 heavy (non-hydrogen) atoms. The second-order valence-electron chi connectivity index (χ2n) is 10.4. The molecule has 1 aromatic heterocycles. The maximum absolute atomic E-state index is 13.6. The molecule has 1 heterocycles. The third-order valence-electron chi connectivity index (χ3n) is 6.90. The number of hydrogen-bond acceptors (Lipinski definition) is 7. The van der Waals surface area contributed by atoms with Gasteiger partial charge in [-0.15, -0.1) is 0 Å². The standard InChI is InChI=1S/C33H36N6O6/c1-21-17-29(40)45-28-19-24(14-15-25(21)28)37-30(41)26(13-8-16-36-32(34)35)38-31(42)27(18-22-9-4-2-5-10-22)39-33(43)44-20-23-11-6-3-7-12-23/h2-7,9-12,14-15,17,19,26-27H,8,13,16,18,20H2,1H3,(H,37,41)(H,38,42)(H,39,43)(H4,34,35,36). The van der Waals surface area contributed by atoms with Crippen LogP contribution in [0.4, 0.5) is 10.5 Å². The van der Waals surface area contributed by atoms with Crippen LogP contribution < -0.4 is 33.0 Å². The molecule has 3 amide bonds. The highest BCUT2D eigenvalue weighted by molar-refractivity contribution is 5.99. The van der Waals surface area contributed by atoms with Crippen LogP contribution in [0.25, 0.3) is 11.0 Å². The van der Waals surface area contributed by atoms with Gasteiger partial charge < -0.3 is 36.6 Å². The van der Waals surface area contributed by atoms with Crippen molar-refractivity contribution in [1.82, 2.24) is 10.6 Å². The minimum atomic E-state index is -1.05. The zero-order valence-corrected chi connectivity index (χ0v) is 24.8. The molecule has 4 aromatic rings. The predicted molar refractivity (Wildman–Crippen MR) is 171 cm³/mol. The third kappa shape index (κ3) is 9.95. The zero-order chi connectivity index (χ0) is 32.2. The predicted octanol–water partition coefficient (Wildman–Crippen LogP) is 3.12. The van der Waals surface area contributed by atoms with E-state index in [2.05, 4.69) is 20.9 Å². The van der Waals surface area contributed by atoms with Gasteiger partial charge in [0.2, 0.25) is 11.8 Å². The number of nitrogens with one attached hydrogen (secondary N) is 3. The fourth-order valence-corrected chi connectivity index (χ4v) is 4.64. The summed E-state index contributed by atoms with van der Waals surface area (Å²) in [6, 6.07) is 22.6. The molecule has 0 bridgehead atoms. The Kier molecular flexibility index (Phi) is 11.3. The minimum Gasteiger partial charge on any atom is -0.445 e. The van der Waals surface area contributed by atoms with Crippen molar-refractivity contribution in [3.63, 3.8) is 0 Å². The number of fused-ring (bicyclic) bond motifs is 1. The number of ether oxygens (including phenoxy) is 1. The van der Waals surface area contributed by atoms with Crippen LogP contribution in [-0.2, 0) is 27.4 Å². The minimum absolute atomic E-state index is 0.0214. The van der Waals surface area contributed by atoms with Crippen LogP contribution in [0.1, 0.15) is 29.5 Å². The fraction of sp³-hybridized carbons (Fsp3) is 0.242. The Morgan fingerprint density at radius 1 is 0.867 bits per heavy atom. The summed E-state index contributed by atoms with van der Waals surface area (Å²) < 4.78 is 10.7. The lowest BCUT2D eigenvalue weighted by molar-refractivity contribution is -0.128. The second-order valence-corrected chi connectivity index (χ2v) is 10.4. The van der Waals surface area contributed by atoms with Crippen LogP contribution in [0.3, 0.4) is 0 Å². The summed E-state index contributed by atoms with van der Waals surface area (Å²) in [4.78, 5) is 55.7. The largest absolute Gasteiger partial charge is 0.445 e. The first-order valence-corrected chi connectivity index (χ1v) is 14.4. The molecular formula is C33H36N6O6. The molecule has 2 atom stereocenters. The van der Waals surface area contributed by atoms with Crippen molar-refractivity contribution in [3.8, 4) is 0 Å². The molecule has 12 heteroatoms. The van der Waals surface area contributed by atoms with E-state index in [1.54, 1.807) is 25.1 Å². The summed E-state index contributed by atoms with van der Waals surface area (Å²) in [7, 11) is 0. The Morgan fingerprint density at radius 3 is 2.24 bits per heavy atom. The Morgan fingerprint density at radius 2 is 1.56 bits per heavy atom. The first-order chi connectivity index (χ1) is 21.7. The van der Waals surface area contributed by atoms with Gasteiger partial charge in [-0.3, -0.25) is 14.6 Å². The number of aliphatic imine (C=N–C) groups is 1. The number of benzene rings is 3. The molecular weight excluding hydrogens is 576 g/mol. The number of carbonyl (C=O) groups excluding carboxylic acids is 3. The Bertz CT molecular complexity index is 1700. The highest BCUT2D eigenvalue weighted by atomic mass is 16.5. The molecule has 0 saturated heterocycles. The van der Waals surface area contributed by atoms with Crippen LogP contribution in [0.15, 0.2) is 99.1 Å². The van der Waals surface area contributed by atoms with Crippen molar-refractivity contribution in [1.29, 1.82) is 0 Å². The average Bonchev–Trinajstić information content (AvgIpc) is 3.01. The van der Waals surface area contributed by atoms with Gasteiger partial charge in [-0.1, -0.05) is 60.7 Å². The van der Waals surface area contributed by atoms with E-state index in [0.717, 1.165) is 22.1 Å². The van der Waals surface area contributed by atoms with Crippen molar-refractivity contribution < 1.29 is 23.5 Å². The molecule has 7 N–H and O–H groups in total. The van der Waals surface area contributed by atoms with Gasteiger partial charge in [0.1, 0.15) is 24.3 Å². The topological polar surface area (TPSA) is 191 Å². The molecule has 0 aliphatic heterocycles. The van der Waals surface area contributed by atoms with E-state index in [1.807, 2.05) is 60.7 Å². The first kappa shape index (κ1) is 32.3. The molecule has 0 fully saturated rings. The number of rotatable bonds is 13. The van der Waals surface area contributed by atoms with Crippen LogP contribution in [0, 0.1) is 6.92 Å². The van der Waals surface area contributed by atoms with E-state index in [1.165, 1.54) is 6.07 Å². The fourth-order valence-electron chi connectivity index (χ4n) is 4.64. The molecule has 0 aliphatic carbocycles. The summed E-state index contributed by atoms with van der Waals surface area (Å²) in [6.07, 6.45) is -0.0695. The monoisotopic (exact) mass is 612 g/mol. The van der Waals surface area contributed by atoms with Crippen LogP contribution in [-0.4, -0.2) is 42.5 Å². The van der Waals surface area contributed by atoms with Gasteiger partial charge in [-0.2, -0.15) is 0 Å². The van der Waals surface area contributed by atoms with Crippen molar-refractivity contribution in [2.45, 2.75) is 44.9 Å². The number of amides is 3. The number of nitrogens with two attached hydrogens (primary N) is 2. The molecule has 3 aromatic carbocycles. The second kappa shape index (κ2) is 15.7. The van der Waals surface area contributed by atoms with Gasteiger partial charge in [0.05, 0.1) is 0 Å². The first-order valence-electron chi connectivity index (χ1n) is 14.4. The number of carbonyl (C=O) groups is 3. The Labute approximate surface area is 259 Å². The Hall–Kier alpha value is -5.65. The molecule has 0 spiro atoms. The van der Waals surface area contributed by atoms with E-state index in [4.69, 9.17) is 20.6 Å². The van der Waals surface area contributed by atoms with E-state index < -0.39 is 35.6 Å². The highest BCUT2D eigenvalue weighted by Gasteiger charge is 2.27. The van der Waals surface area contributed by atoms with Gasteiger partial charge in [0, 0.05) is 36.2 Å². The lowest BCUT2D eigenvalue weighted by Gasteiger charge is -2.23. The van der Waals surface area contributed by atoms with E-state index >= 15 is 0 Å². The lowest BCUT2D eigenvalue weighted by Crippen LogP contribution is -2.53. The van der Waals surface area contributed by atoms with Crippen molar-refractivity contribution in [2.75, 3.05) is 11.9 Å². The number of aryl methyl sites for hydroxylation is 1. The Balaban J connectivity index is 1.51. The summed E-state index contributed by atoms with van der Waals surface area (Å²) in [6.45, 7) is 2.05. The number of alkyl carbamates (subject to hydrolysis) is 1. The summed E-state index contributed by atoms with van der Waals surface area (Å²) in [5.74, 6) is -1.20. The van der Waals surface area contributed by atoms with E-state index in [-0.39, 0.29) is 32.0 Å². The normalized spacial score (nSPS) is 12.0. The SMILES string of the molecule is Cc1cc(=O)oc2cc(NC(=O)C(CCCN=C(N)N)NC(=O)C(Cc3ccccc3)NC(=O)OCc3ccccc3)ccc12. The van der Waals surface area contributed by atoms with Crippen molar-refractivity contribution in [3.05, 3.63) is 112 Å². The molecule has 4 rings (SSSR count). The van der Waals surface area contributed by atoms with Gasteiger partial charge in [0.15, 0.2) is 5.96 Å². The van der Waals surface area contributed by atoms with Gasteiger partial charge in [-0.05, 0) is 48.6 Å². The average molecular weight is 613 g/mol. The smallest absolute Gasteiger partial charge is 0.408 e. The van der Waals surface area contributed by atoms with Crippen LogP contribution >= 0.6 is 0 Å². The molecule has 12 nitrogen and oxygen atoms in total. The number of nitrogens with zero attached hydrogens (tertiary/aromatic N) is 1. The summed E-state index contributed by atoms with van der Waals surface area (Å²) in [5, 5.41) is 8.92. The van der Waals surface area contributed by atoms with Crippen molar-refractivity contribution in [2.24, 2.45) is 16.5 Å². The van der Waals surface area contributed by atoms with E-state index in [9.17, 15) is 19.2 Å². The van der Waals surface area contributed by atoms with E-state index in [0.29, 0.717) is 17.7 Å². The number of hydrogen-bond donors (Lipinski definition) is 5. The molecule has 234 valence electrons. The van der Waals surface area contributed by atoms with Gasteiger partial charge in [0.25, 0.3) is 0 Å². The molecule has 0 saturated carbocycles. The van der Waals surface area contributed by atoms with Crippen LogP contribution in [0.5, 0.6) is 0 Å². The van der Waals surface area contributed by atoms with Gasteiger partial charge in [-0.25, -0.2) is 9.59 Å². The third-order valence-corrected chi connectivity index (χ3v) is 6.90. The summed E-state index contributed by atoms with van der Waals surface area (Å²) >= 11 is 0. The lowest BCUT2D eigenvalue weighted by atomic mass is 10.0. The maximum atomic E-state index is 13.6. The molecule has 0 aliphatic rings. The highest BCUT2D eigenvalue weighted by Crippen LogP contribution is 2.21. The maximum Gasteiger partial charge on any atom is 0.408 e. The number of anilines is 1. The summed E-state index contributed by atoms with van der Waals surface area (Å²) in [5.41, 5.74) is 13.4.